The fourth-order valence-corrected chi connectivity index (χ4v) is 4.11. The maximum absolute atomic E-state index is 10.8. The van der Waals surface area contributed by atoms with Crippen LogP contribution >= 0.6 is 123 Å². The van der Waals surface area contributed by atoms with Crippen LogP contribution < -0.4 is 24.0 Å². The van der Waals surface area contributed by atoms with Crippen LogP contribution in [0.5, 0.6) is 0 Å². The van der Waals surface area contributed by atoms with Crippen molar-refractivity contribution in [3.63, 3.8) is 0 Å². The molecule has 0 fully saturated rings. The fourth-order valence-electron chi connectivity index (χ4n) is 1.59. The molecule has 0 aromatic rings. The zero-order valence-electron chi connectivity index (χ0n) is 47.3. The number of carboxylic acid groups (broad SMARTS) is 3. The van der Waals surface area contributed by atoms with Gasteiger partial charge >= 0.3 is 36.8 Å². The molecule has 0 unspecified atom stereocenters. The number of alkyl halides is 7. The number of carbonyl (C=O) groups excluding carboxylic acids is 4. The van der Waals surface area contributed by atoms with Crippen LogP contribution in [-0.4, -0.2) is 148 Å². The molecule has 0 aromatic heterocycles. The number of carbonyl (C=O) groups is 7. The smallest absolute Gasteiger partial charge is 0.850 e. The summed E-state index contributed by atoms with van der Waals surface area (Å²) in [6.45, 7) is 41.7. The Balaban J connectivity index is -0.0000000646. The molecule has 0 atom stereocenters. The van der Waals surface area contributed by atoms with E-state index < -0.39 is 29.1 Å². The molecule has 426 valence electrons. The standard InChI is InChI=1S/C13H29NO2.3C6H11BrO.C4H10O.C4H9O.C2H2BrClO.3C2H3BrO2.Li/c1-12(2,3)9-15-11(14(7)8)16-10-13(4,5)6;3*1-6(2,3)5(8)4-7;2*1-4(2,3)5;4*3-1-2(4)5;/h11H,9-10H2,1-8H3;3*4H2,1-3H3;5H,1-3H3;1-3H3;1H2;3*1H2,(H,4,5);/q;;;;;-1;;;;;+1. The van der Waals surface area contributed by atoms with Crippen molar-refractivity contribution in [2.24, 2.45) is 27.1 Å². The van der Waals surface area contributed by atoms with E-state index in [0.717, 1.165) is 0 Å². The molecular formula is C47H92Br7ClLiNO14. The second-order valence-corrected chi connectivity index (χ2v) is 26.1. The summed E-state index contributed by atoms with van der Waals surface area (Å²) in [5.74, 6) is -1.74. The third-order valence-corrected chi connectivity index (χ3v) is 8.99. The maximum atomic E-state index is 10.8. The van der Waals surface area contributed by atoms with E-state index in [0.29, 0.717) is 29.2 Å². The summed E-state index contributed by atoms with van der Waals surface area (Å²) < 4.78 is 11.5. The van der Waals surface area contributed by atoms with Gasteiger partial charge in [0.2, 0.25) is 11.7 Å². The number of ketones is 3. The number of halogens is 8. The number of carboxylic acids is 3. The van der Waals surface area contributed by atoms with Crippen molar-refractivity contribution in [1.29, 1.82) is 0 Å². The van der Waals surface area contributed by atoms with Crippen LogP contribution in [0.25, 0.3) is 0 Å². The summed E-state index contributed by atoms with van der Waals surface area (Å²) in [6, 6.07) is 0. The quantitative estimate of drug-likeness (QED) is 0.0615. The van der Waals surface area contributed by atoms with Crippen LogP contribution in [0.2, 0.25) is 0 Å². The number of Topliss-reactive ketones (excluding diaryl/α,β-unsaturated/α-hetero) is 3. The van der Waals surface area contributed by atoms with Gasteiger partial charge in [0.1, 0.15) is 33.3 Å². The molecule has 24 heteroatoms. The minimum absolute atomic E-state index is 0. The summed E-state index contributed by atoms with van der Waals surface area (Å²) in [5.41, 5.74) is -1.45. The van der Waals surface area contributed by atoms with E-state index >= 15 is 0 Å². The van der Waals surface area contributed by atoms with Crippen molar-refractivity contribution in [3.8, 4) is 0 Å². The van der Waals surface area contributed by atoms with E-state index in [9.17, 15) is 38.7 Å². The van der Waals surface area contributed by atoms with Gasteiger partial charge in [-0.15, -0.1) is 5.60 Å². The molecule has 0 rings (SSSR count). The monoisotopic (exact) mass is 1490 g/mol. The van der Waals surface area contributed by atoms with Crippen LogP contribution in [0.4, 0.5) is 0 Å². The van der Waals surface area contributed by atoms with Gasteiger partial charge in [0.05, 0.1) is 40.1 Å². The second-order valence-electron chi connectivity index (χ2n) is 21.8. The summed E-state index contributed by atoms with van der Waals surface area (Å²) in [4.78, 5) is 71.8. The van der Waals surface area contributed by atoms with E-state index in [-0.39, 0.29) is 96.3 Å². The van der Waals surface area contributed by atoms with E-state index in [1.807, 2.05) is 81.3 Å². The number of aliphatic hydroxyl groups is 1. The number of aliphatic carboxylic acids is 3. The van der Waals surface area contributed by atoms with Gasteiger partial charge in [-0.1, -0.05) is 236 Å². The molecular weight excluding hydrogens is 1400 g/mol. The van der Waals surface area contributed by atoms with Crippen LogP contribution in [0, 0.1) is 27.1 Å². The molecule has 15 nitrogen and oxygen atoms in total. The number of ether oxygens (including phenoxy) is 2. The Morgan fingerprint density at radius 2 is 0.606 bits per heavy atom. The van der Waals surface area contributed by atoms with Crippen molar-refractivity contribution in [1.82, 2.24) is 4.90 Å². The SMILES string of the molecule is CC(C)(C)C(=O)CBr.CC(C)(C)C(=O)CBr.CC(C)(C)C(=O)CBr.CC(C)(C)O.CC(C)(C)[O-].CN(C)C(OCC(C)(C)C)OCC(C)(C)C.O=C(Cl)CBr.O=C(O)CBr.O=C(O)CBr.O=C(O)CBr.[Li+]. The third-order valence-electron chi connectivity index (χ3n) is 5.06. The largest absolute Gasteiger partial charge is 1.00 e. The first-order chi connectivity index (χ1) is 30.5. The molecule has 71 heavy (non-hydrogen) atoms. The molecule has 0 saturated heterocycles. The minimum Gasteiger partial charge on any atom is -0.850 e. The minimum atomic E-state index is -0.829. The number of hydrogen-bond donors (Lipinski definition) is 4. The zero-order chi connectivity index (χ0) is 59.5. The van der Waals surface area contributed by atoms with Gasteiger partial charge in [-0.05, 0) is 57.3 Å². The summed E-state index contributed by atoms with van der Waals surface area (Å²) in [5, 5.41) is 43.0. The molecule has 0 aliphatic heterocycles. The fraction of sp³-hybridized carbons (Fsp3) is 0.851. The molecule has 0 aliphatic rings. The van der Waals surface area contributed by atoms with Crippen LogP contribution in [-0.2, 0) is 43.0 Å². The van der Waals surface area contributed by atoms with E-state index in [2.05, 4.69) is 153 Å². The Morgan fingerprint density at radius 1 is 0.465 bits per heavy atom. The molecule has 0 saturated carbocycles. The van der Waals surface area contributed by atoms with Crippen molar-refractivity contribution >= 4 is 164 Å². The molecule has 0 heterocycles. The normalized spacial score (nSPS) is 10.8. The maximum Gasteiger partial charge on any atom is 1.00 e. The Labute approximate surface area is 505 Å². The third kappa shape index (κ3) is 141. The molecule has 0 aliphatic carbocycles. The van der Waals surface area contributed by atoms with Gasteiger partial charge in [-0.25, -0.2) is 0 Å². The molecule has 0 bridgehead atoms. The predicted octanol–water partition coefficient (Wildman–Crippen LogP) is 9.42. The summed E-state index contributed by atoms with van der Waals surface area (Å²) >= 11 is 25.1. The van der Waals surface area contributed by atoms with E-state index in [4.69, 9.17) is 41.5 Å². The van der Waals surface area contributed by atoms with Gasteiger partial charge in [0.25, 0.3) is 0 Å². The van der Waals surface area contributed by atoms with Crippen molar-refractivity contribution in [2.75, 3.05) is 64.6 Å². The Kier molecular flexibility index (Phi) is 73.1. The van der Waals surface area contributed by atoms with Crippen LogP contribution in [0.15, 0.2) is 0 Å². The molecule has 0 spiro atoms. The van der Waals surface area contributed by atoms with E-state index in [1.165, 1.54) is 0 Å². The first-order valence-electron chi connectivity index (χ1n) is 21.2. The Bertz CT molecular complexity index is 1190. The predicted molar refractivity (Wildman–Crippen MR) is 314 cm³/mol. The van der Waals surface area contributed by atoms with Crippen LogP contribution in [0.1, 0.15) is 145 Å². The van der Waals surface area contributed by atoms with Gasteiger partial charge < -0.3 is 35.0 Å². The zero-order valence-corrected chi connectivity index (χ0v) is 59.1. The average Bonchev–Trinajstić information content (AvgIpc) is 3.14. The number of nitrogens with zero attached hydrogens (tertiary/aromatic N) is 1. The molecule has 0 amide bonds. The number of rotatable bonds is 12. The van der Waals surface area contributed by atoms with Gasteiger partial charge in [0, 0.05) is 16.2 Å². The topological polar surface area (TPSA) is 245 Å². The van der Waals surface area contributed by atoms with Crippen molar-refractivity contribution in [2.45, 2.75) is 163 Å². The average molecular weight is 1500 g/mol. The number of hydrogen-bond acceptors (Lipinski definition) is 12. The van der Waals surface area contributed by atoms with Crippen molar-refractivity contribution in [3.05, 3.63) is 0 Å². The molecule has 0 radical (unpaired) electrons. The summed E-state index contributed by atoms with van der Waals surface area (Å²) in [6.07, 6.45) is -0.251. The molecule has 0 aromatic carbocycles. The first kappa shape index (κ1) is 97.7. The Hall–Kier alpha value is 1.14. The second kappa shape index (κ2) is 53.2. The molecule has 4 N–H and O–H groups in total. The summed E-state index contributed by atoms with van der Waals surface area (Å²) in [7, 11) is 3.94. The van der Waals surface area contributed by atoms with Gasteiger partial charge in [-0.2, -0.15) is 0 Å². The first-order valence-corrected chi connectivity index (χ1v) is 29.4. The van der Waals surface area contributed by atoms with E-state index in [1.54, 1.807) is 41.5 Å². The van der Waals surface area contributed by atoms with Gasteiger partial charge in [0.15, 0.2) is 0 Å². The Morgan fingerprint density at radius 3 is 0.648 bits per heavy atom. The van der Waals surface area contributed by atoms with Gasteiger partial charge in [-0.3, -0.25) is 38.5 Å². The van der Waals surface area contributed by atoms with Crippen molar-refractivity contribution < 1.29 is 87.4 Å². The van der Waals surface area contributed by atoms with Crippen LogP contribution in [0.3, 0.4) is 0 Å².